The molecule has 0 aliphatic rings. The van der Waals surface area contributed by atoms with Crippen LogP contribution in [0.25, 0.3) is 10.9 Å². The molecule has 198 valence electrons. The summed E-state index contributed by atoms with van der Waals surface area (Å²) in [5, 5.41) is 4.05. The number of para-hydroxylation sites is 1. The molecule has 0 unspecified atom stereocenters. The van der Waals surface area contributed by atoms with Gasteiger partial charge >= 0.3 is 0 Å². The van der Waals surface area contributed by atoms with Gasteiger partial charge in [0, 0.05) is 49.8 Å². The molecule has 4 rings (SSSR count). The van der Waals surface area contributed by atoms with Crippen molar-refractivity contribution < 1.29 is 19.1 Å². The van der Waals surface area contributed by atoms with Crippen LogP contribution in [0.2, 0.25) is 0 Å². The normalized spacial score (nSPS) is 11.8. The molecule has 2 aromatic heterocycles. The maximum atomic E-state index is 13.6. The lowest BCUT2D eigenvalue weighted by atomic mass is 10.0. The Kier molecular flexibility index (Phi) is 8.76. The van der Waals surface area contributed by atoms with Crippen LogP contribution in [-0.4, -0.2) is 55.3 Å². The van der Waals surface area contributed by atoms with Gasteiger partial charge in [-0.15, -0.1) is 0 Å². The summed E-state index contributed by atoms with van der Waals surface area (Å²) in [4.78, 5) is 32.8. The molecule has 0 bridgehead atoms. The van der Waals surface area contributed by atoms with E-state index in [1.165, 1.54) is 4.90 Å². The molecule has 8 heteroatoms. The Morgan fingerprint density at radius 2 is 1.76 bits per heavy atom. The van der Waals surface area contributed by atoms with E-state index in [4.69, 9.17) is 9.47 Å². The van der Waals surface area contributed by atoms with Crippen LogP contribution in [0.3, 0.4) is 0 Å². The van der Waals surface area contributed by atoms with Crippen molar-refractivity contribution in [2.24, 2.45) is 0 Å². The van der Waals surface area contributed by atoms with E-state index in [2.05, 4.69) is 20.9 Å². The molecule has 0 aliphatic heterocycles. The molecule has 2 heterocycles. The second kappa shape index (κ2) is 12.4. The van der Waals surface area contributed by atoms with Crippen molar-refractivity contribution in [3.8, 4) is 5.88 Å². The first kappa shape index (κ1) is 26.9. The van der Waals surface area contributed by atoms with Crippen molar-refractivity contribution in [3.05, 3.63) is 89.7 Å². The molecule has 8 nitrogen and oxygen atoms in total. The van der Waals surface area contributed by atoms with Crippen molar-refractivity contribution in [2.45, 2.75) is 32.4 Å². The summed E-state index contributed by atoms with van der Waals surface area (Å²) in [6, 6.07) is 20.5. The standard InChI is InChI=1S/C30H34N4O4/c1-21-25(24-12-8-9-13-27(24)34(21)16-17-37-3)19-28(35)32-26(18-22-10-6-5-7-11-22)30(36)33(2)23-14-15-29(38-4)31-20-23/h5-15,20,26H,16-19H2,1-4H3,(H,32,35)/t26-/m0/s1. The first-order chi connectivity index (χ1) is 18.4. The van der Waals surface area contributed by atoms with E-state index in [-0.39, 0.29) is 18.2 Å². The van der Waals surface area contributed by atoms with Gasteiger partial charge in [0.05, 0.1) is 32.0 Å². The summed E-state index contributed by atoms with van der Waals surface area (Å²) >= 11 is 0. The Morgan fingerprint density at radius 3 is 2.45 bits per heavy atom. The maximum Gasteiger partial charge on any atom is 0.249 e. The predicted molar refractivity (Wildman–Crippen MR) is 149 cm³/mol. The van der Waals surface area contributed by atoms with Gasteiger partial charge in [0.2, 0.25) is 17.7 Å². The number of ether oxygens (including phenoxy) is 2. The fourth-order valence-electron chi connectivity index (χ4n) is 4.70. The van der Waals surface area contributed by atoms with Gasteiger partial charge in [-0.05, 0) is 30.2 Å². The minimum absolute atomic E-state index is 0.165. The highest BCUT2D eigenvalue weighted by atomic mass is 16.5. The van der Waals surface area contributed by atoms with E-state index >= 15 is 0 Å². The number of nitrogens with zero attached hydrogens (tertiary/aromatic N) is 3. The fraction of sp³-hybridized carbons (Fsp3) is 0.300. The van der Waals surface area contributed by atoms with Gasteiger partial charge in [-0.3, -0.25) is 9.59 Å². The Hall–Kier alpha value is -4.17. The first-order valence-electron chi connectivity index (χ1n) is 12.6. The average Bonchev–Trinajstić information content (AvgIpc) is 3.21. The Morgan fingerprint density at radius 1 is 1.03 bits per heavy atom. The van der Waals surface area contributed by atoms with E-state index in [0.717, 1.165) is 27.7 Å². The number of benzene rings is 2. The third kappa shape index (κ3) is 6.03. The molecule has 0 spiro atoms. The highest BCUT2D eigenvalue weighted by Gasteiger charge is 2.26. The smallest absolute Gasteiger partial charge is 0.249 e. The van der Waals surface area contributed by atoms with Crippen molar-refractivity contribution in [1.29, 1.82) is 0 Å². The highest BCUT2D eigenvalue weighted by Crippen LogP contribution is 2.26. The van der Waals surface area contributed by atoms with Gasteiger partial charge < -0.3 is 24.3 Å². The summed E-state index contributed by atoms with van der Waals surface area (Å²) < 4.78 is 12.6. The van der Waals surface area contributed by atoms with Crippen molar-refractivity contribution in [1.82, 2.24) is 14.9 Å². The molecule has 1 N–H and O–H groups in total. The fourth-order valence-corrected chi connectivity index (χ4v) is 4.70. The van der Waals surface area contributed by atoms with Crippen LogP contribution in [-0.2, 0) is 33.7 Å². The van der Waals surface area contributed by atoms with Gasteiger partial charge in [0.15, 0.2) is 0 Å². The number of likely N-dealkylation sites (N-methyl/N-ethyl adjacent to an activating group) is 1. The van der Waals surface area contributed by atoms with Crippen molar-refractivity contribution in [3.63, 3.8) is 0 Å². The predicted octanol–water partition coefficient (Wildman–Crippen LogP) is 3.93. The summed E-state index contributed by atoms with van der Waals surface area (Å²) in [5.74, 6) is 0.0236. The Balaban J connectivity index is 1.58. The van der Waals surface area contributed by atoms with E-state index in [9.17, 15) is 9.59 Å². The van der Waals surface area contributed by atoms with E-state index < -0.39 is 6.04 Å². The molecule has 38 heavy (non-hydrogen) atoms. The number of amides is 2. The number of anilines is 1. The van der Waals surface area contributed by atoms with Crippen molar-refractivity contribution in [2.75, 3.05) is 32.8 Å². The van der Waals surface area contributed by atoms with E-state index in [1.54, 1.807) is 39.6 Å². The van der Waals surface area contributed by atoms with Crippen LogP contribution in [0.1, 0.15) is 16.8 Å². The van der Waals surface area contributed by atoms with Crippen LogP contribution in [0.4, 0.5) is 5.69 Å². The molecule has 2 aromatic carbocycles. The lowest BCUT2D eigenvalue weighted by molar-refractivity contribution is -0.127. The number of methoxy groups -OCH3 is 2. The topological polar surface area (TPSA) is 85.7 Å². The van der Waals surface area contributed by atoms with Crippen LogP contribution < -0.4 is 15.0 Å². The minimum atomic E-state index is -0.751. The molecule has 0 radical (unpaired) electrons. The third-order valence-electron chi connectivity index (χ3n) is 6.78. The van der Waals surface area contributed by atoms with Crippen molar-refractivity contribution >= 4 is 28.4 Å². The number of hydrogen-bond donors (Lipinski definition) is 1. The molecule has 0 aliphatic carbocycles. The highest BCUT2D eigenvalue weighted by molar-refractivity contribution is 5.99. The molecular weight excluding hydrogens is 480 g/mol. The molecule has 2 amide bonds. The molecule has 0 saturated heterocycles. The quantitative estimate of drug-likeness (QED) is 0.328. The average molecular weight is 515 g/mol. The van der Waals surface area contributed by atoms with E-state index in [0.29, 0.717) is 31.1 Å². The number of rotatable bonds is 11. The number of aromatic nitrogens is 2. The van der Waals surface area contributed by atoms with Crippen LogP contribution in [0.15, 0.2) is 72.9 Å². The molecular formula is C30H34N4O4. The molecule has 0 fully saturated rings. The SMILES string of the molecule is COCCn1c(C)c(CC(=O)N[C@@H](Cc2ccccc2)C(=O)N(C)c2ccc(OC)nc2)c2ccccc21. The van der Waals surface area contributed by atoms with Gasteiger partial charge in [0.1, 0.15) is 6.04 Å². The molecule has 4 aromatic rings. The number of nitrogens with one attached hydrogen (secondary N) is 1. The summed E-state index contributed by atoms with van der Waals surface area (Å²) in [6.07, 6.45) is 2.11. The second-order valence-corrected chi connectivity index (χ2v) is 9.17. The monoisotopic (exact) mass is 514 g/mol. The van der Waals surface area contributed by atoms with E-state index in [1.807, 2.05) is 55.5 Å². The number of carbonyl (C=O) groups is 2. The Bertz CT molecular complexity index is 1380. The first-order valence-corrected chi connectivity index (χ1v) is 12.6. The van der Waals surface area contributed by atoms with Crippen LogP contribution in [0.5, 0.6) is 5.88 Å². The summed E-state index contributed by atoms with van der Waals surface area (Å²) in [5.41, 5.74) is 4.60. The summed E-state index contributed by atoms with van der Waals surface area (Å²) in [7, 11) is 4.90. The molecule has 1 atom stereocenters. The van der Waals surface area contributed by atoms with Crippen LogP contribution >= 0.6 is 0 Å². The number of carbonyl (C=O) groups excluding carboxylic acids is 2. The zero-order valence-corrected chi connectivity index (χ0v) is 22.3. The number of pyridine rings is 1. The molecule has 0 saturated carbocycles. The zero-order chi connectivity index (χ0) is 27.1. The maximum absolute atomic E-state index is 13.6. The lowest BCUT2D eigenvalue weighted by Crippen LogP contribution is -2.49. The second-order valence-electron chi connectivity index (χ2n) is 9.17. The minimum Gasteiger partial charge on any atom is -0.481 e. The number of fused-ring (bicyclic) bond motifs is 1. The van der Waals surface area contributed by atoms with Crippen LogP contribution in [0, 0.1) is 6.92 Å². The number of hydrogen-bond acceptors (Lipinski definition) is 5. The van der Waals surface area contributed by atoms with Gasteiger partial charge in [-0.2, -0.15) is 0 Å². The zero-order valence-electron chi connectivity index (χ0n) is 22.3. The lowest BCUT2D eigenvalue weighted by Gasteiger charge is -2.25. The van der Waals surface area contributed by atoms with Gasteiger partial charge in [-0.25, -0.2) is 4.98 Å². The van der Waals surface area contributed by atoms with Gasteiger partial charge in [0.25, 0.3) is 0 Å². The largest absolute Gasteiger partial charge is 0.481 e. The summed E-state index contributed by atoms with van der Waals surface area (Å²) in [6.45, 7) is 3.29. The van der Waals surface area contributed by atoms with Gasteiger partial charge in [-0.1, -0.05) is 48.5 Å². The Labute approximate surface area is 223 Å². The third-order valence-corrected chi connectivity index (χ3v) is 6.78.